The van der Waals surface area contributed by atoms with Crippen LogP contribution in [0.25, 0.3) is 0 Å². The molecule has 2 aromatic carbocycles. The van der Waals surface area contributed by atoms with E-state index in [9.17, 15) is 22.8 Å². The Morgan fingerprint density at radius 1 is 1.00 bits per heavy atom. The first-order valence-electron chi connectivity index (χ1n) is 10.8. The number of rotatable bonds is 7. The highest BCUT2D eigenvalue weighted by Crippen LogP contribution is 2.32. The summed E-state index contributed by atoms with van der Waals surface area (Å²) in [6.07, 6.45) is -4.60. The minimum Gasteiger partial charge on any atom is -0.493 e. The molecule has 0 aliphatic carbocycles. The van der Waals surface area contributed by atoms with Gasteiger partial charge in [0, 0.05) is 32.7 Å². The van der Waals surface area contributed by atoms with Crippen LogP contribution >= 0.6 is 0 Å². The Balaban J connectivity index is 1.55. The summed E-state index contributed by atoms with van der Waals surface area (Å²) in [5, 5.41) is 2.89. The molecule has 2 aromatic rings. The van der Waals surface area contributed by atoms with Gasteiger partial charge in [-0.15, -0.1) is 0 Å². The number of alkyl halides is 3. The van der Waals surface area contributed by atoms with Crippen LogP contribution in [0.3, 0.4) is 0 Å². The highest BCUT2D eigenvalue weighted by Gasteiger charge is 2.36. The van der Waals surface area contributed by atoms with E-state index < -0.39 is 23.7 Å². The Morgan fingerprint density at radius 2 is 1.65 bits per heavy atom. The third-order valence-electron chi connectivity index (χ3n) is 5.91. The van der Waals surface area contributed by atoms with Gasteiger partial charge in [-0.2, -0.15) is 13.2 Å². The van der Waals surface area contributed by atoms with Gasteiger partial charge in [-0.1, -0.05) is 18.2 Å². The number of methoxy groups -OCH3 is 2. The lowest BCUT2D eigenvalue weighted by molar-refractivity contribution is -0.138. The molecule has 1 unspecified atom stereocenters. The van der Waals surface area contributed by atoms with Gasteiger partial charge in [0.25, 0.3) is 5.91 Å². The molecular weight excluding hydrogens is 451 g/mol. The first-order chi connectivity index (χ1) is 16.2. The number of nitrogens with zero attached hydrogens (tertiary/aromatic N) is 2. The largest absolute Gasteiger partial charge is 0.493 e. The van der Waals surface area contributed by atoms with Crippen molar-refractivity contribution in [3.8, 4) is 11.5 Å². The number of benzene rings is 2. The lowest BCUT2D eigenvalue weighted by Gasteiger charge is -2.37. The van der Waals surface area contributed by atoms with Gasteiger partial charge in [0.15, 0.2) is 11.5 Å². The number of carbonyl (C=O) groups excluding carboxylic acids is 2. The summed E-state index contributed by atoms with van der Waals surface area (Å²) in [5.74, 6) is 0.321. The SMILES string of the molecule is COc1ccc(CNC(=O)C(C)N2CCN(C(=O)c3ccccc3C(F)(F)F)CC2)cc1OC. The first kappa shape index (κ1) is 25.4. The summed E-state index contributed by atoms with van der Waals surface area (Å²) < 4.78 is 50.3. The lowest BCUT2D eigenvalue weighted by Crippen LogP contribution is -2.55. The average molecular weight is 479 g/mol. The maximum Gasteiger partial charge on any atom is 0.417 e. The summed E-state index contributed by atoms with van der Waals surface area (Å²) in [4.78, 5) is 28.7. The Labute approximate surface area is 196 Å². The molecule has 0 spiro atoms. The van der Waals surface area contributed by atoms with E-state index in [-0.39, 0.29) is 24.6 Å². The average Bonchev–Trinajstić information content (AvgIpc) is 2.85. The van der Waals surface area contributed by atoms with Crippen molar-refractivity contribution in [2.24, 2.45) is 0 Å². The molecule has 1 atom stereocenters. The smallest absolute Gasteiger partial charge is 0.417 e. The summed E-state index contributed by atoms with van der Waals surface area (Å²) in [5.41, 5.74) is -0.452. The molecule has 7 nitrogen and oxygen atoms in total. The maximum atomic E-state index is 13.3. The van der Waals surface area contributed by atoms with Crippen molar-refractivity contribution >= 4 is 11.8 Å². The molecule has 1 N–H and O–H groups in total. The molecule has 1 aliphatic heterocycles. The fraction of sp³-hybridized carbons (Fsp3) is 0.417. The summed E-state index contributed by atoms with van der Waals surface area (Å²) in [7, 11) is 3.08. The molecule has 1 aliphatic rings. The Morgan fingerprint density at radius 3 is 2.26 bits per heavy atom. The van der Waals surface area contributed by atoms with Crippen LogP contribution in [0.5, 0.6) is 11.5 Å². The van der Waals surface area contributed by atoms with Gasteiger partial charge in [0.05, 0.1) is 31.4 Å². The van der Waals surface area contributed by atoms with Crippen molar-refractivity contribution in [3.63, 3.8) is 0 Å². The number of nitrogens with one attached hydrogen (secondary N) is 1. The Kier molecular flexibility index (Phi) is 8.03. The van der Waals surface area contributed by atoms with Crippen LogP contribution < -0.4 is 14.8 Å². The van der Waals surface area contributed by atoms with E-state index in [1.165, 1.54) is 30.2 Å². The van der Waals surface area contributed by atoms with Crippen LogP contribution in [-0.2, 0) is 17.5 Å². The third kappa shape index (κ3) is 5.80. The molecule has 10 heteroatoms. The molecule has 184 valence electrons. The number of hydrogen-bond donors (Lipinski definition) is 1. The van der Waals surface area contributed by atoms with Gasteiger partial charge in [0.1, 0.15) is 0 Å². The minimum absolute atomic E-state index is 0.183. The van der Waals surface area contributed by atoms with E-state index in [1.807, 2.05) is 11.0 Å². The van der Waals surface area contributed by atoms with E-state index in [0.29, 0.717) is 31.1 Å². The fourth-order valence-corrected chi connectivity index (χ4v) is 3.89. The van der Waals surface area contributed by atoms with Crippen LogP contribution in [0, 0.1) is 0 Å². The van der Waals surface area contributed by atoms with Crippen molar-refractivity contribution in [3.05, 3.63) is 59.2 Å². The second-order valence-electron chi connectivity index (χ2n) is 7.95. The molecule has 0 bridgehead atoms. The van der Waals surface area contributed by atoms with Crippen molar-refractivity contribution in [1.82, 2.24) is 15.1 Å². The quantitative estimate of drug-likeness (QED) is 0.661. The molecule has 0 saturated carbocycles. The monoisotopic (exact) mass is 479 g/mol. The molecule has 1 fully saturated rings. The van der Waals surface area contributed by atoms with E-state index in [2.05, 4.69) is 5.32 Å². The normalized spacial score (nSPS) is 15.5. The minimum atomic E-state index is -4.60. The van der Waals surface area contributed by atoms with Crippen LogP contribution in [0.15, 0.2) is 42.5 Å². The van der Waals surface area contributed by atoms with Gasteiger partial charge in [-0.05, 0) is 36.8 Å². The van der Waals surface area contributed by atoms with Gasteiger partial charge >= 0.3 is 6.18 Å². The second-order valence-corrected chi connectivity index (χ2v) is 7.95. The summed E-state index contributed by atoms with van der Waals surface area (Å²) in [6, 6.07) is 9.71. The summed E-state index contributed by atoms with van der Waals surface area (Å²) >= 11 is 0. The van der Waals surface area contributed by atoms with Gasteiger partial charge < -0.3 is 19.7 Å². The molecular formula is C24H28F3N3O4. The fourth-order valence-electron chi connectivity index (χ4n) is 3.89. The Bertz CT molecular complexity index is 1020. The number of ether oxygens (including phenoxy) is 2. The van der Waals surface area contributed by atoms with Crippen molar-refractivity contribution < 1.29 is 32.2 Å². The molecule has 1 heterocycles. The van der Waals surface area contributed by atoms with E-state index >= 15 is 0 Å². The van der Waals surface area contributed by atoms with Crippen molar-refractivity contribution in [2.75, 3.05) is 40.4 Å². The number of halogens is 3. The highest BCUT2D eigenvalue weighted by atomic mass is 19.4. The van der Waals surface area contributed by atoms with E-state index in [0.717, 1.165) is 11.6 Å². The van der Waals surface area contributed by atoms with Crippen LogP contribution in [0.4, 0.5) is 13.2 Å². The van der Waals surface area contributed by atoms with Gasteiger partial charge in [-0.3, -0.25) is 14.5 Å². The molecule has 0 radical (unpaired) electrons. The van der Waals surface area contributed by atoms with Gasteiger partial charge in [-0.25, -0.2) is 0 Å². The predicted octanol–water partition coefficient (Wildman–Crippen LogP) is 3.19. The van der Waals surface area contributed by atoms with Crippen molar-refractivity contribution in [2.45, 2.75) is 25.7 Å². The van der Waals surface area contributed by atoms with Crippen molar-refractivity contribution in [1.29, 1.82) is 0 Å². The predicted molar refractivity (Wildman–Crippen MR) is 120 cm³/mol. The zero-order valence-electron chi connectivity index (χ0n) is 19.3. The number of amides is 2. The first-order valence-corrected chi connectivity index (χ1v) is 10.8. The van der Waals surface area contributed by atoms with E-state index in [4.69, 9.17) is 9.47 Å². The second kappa shape index (κ2) is 10.8. The molecule has 3 rings (SSSR count). The Hall–Kier alpha value is -3.27. The zero-order valence-corrected chi connectivity index (χ0v) is 19.3. The molecule has 34 heavy (non-hydrogen) atoms. The molecule has 1 saturated heterocycles. The van der Waals surface area contributed by atoms with Crippen LogP contribution in [-0.4, -0.2) is 68.1 Å². The standard InChI is InChI=1S/C24H28F3N3O4/c1-16(22(31)28-15-17-8-9-20(33-2)21(14-17)34-3)29-10-12-30(13-11-29)23(32)18-6-4-5-7-19(18)24(25,26)27/h4-9,14,16H,10-13,15H2,1-3H3,(H,28,31). The molecule has 2 amide bonds. The highest BCUT2D eigenvalue weighted by molar-refractivity contribution is 5.96. The number of hydrogen-bond acceptors (Lipinski definition) is 5. The number of piperazine rings is 1. The summed E-state index contributed by atoms with van der Waals surface area (Å²) in [6.45, 7) is 3.29. The van der Waals surface area contributed by atoms with Gasteiger partial charge in [0.2, 0.25) is 5.91 Å². The zero-order chi connectivity index (χ0) is 24.9. The molecule has 0 aromatic heterocycles. The van der Waals surface area contributed by atoms with E-state index in [1.54, 1.807) is 26.2 Å². The lowest BCUT2D eigenvalue weighted by atomic mass is 10.1. The third-order valence-corrected chi connectivity index (χ3v) is 5.91. The maximum absolute atomic E-state index is 13.3. The van der Waals surface area contributed by atoms with Crippen LogP contribution in [0.1, 0.15) is 28.4 Å². The van der Waals surface area contributed by atoms with Crippen LogP contribution in [0.2, 0.25) is 0 Å². The topological polar surface area (TPSA) is 71.1 Å². The number of carbonyl (C=O) groups is 2.